The van der Waals surface area contributed by atoms with E-state index < -0.39 is 0 Å². The highest BCUT2D eigenvalue weighted by Gasteiger charge is 2.18. The third-order valence-electron chi connectivity index (χ3n) is 4.27. The van der Waals surface area contributed by atoms with Crippen molar-refractivity contribution in [3.63, 3.8) is 0 Å². The minimum atomic E-state index is -0.225. The molecule has 0 aliphatic rings. The van der Waals surface area contributed by atoms with Crippen LogP contribution >= 0.6 is 11.8 Å². The monoisotopic (exact) mass is 430 g/mol. The summed E-state index contributed by atoms with van der Waals surface area (Å²) in [5.74, 6) is 0.295. The first-order valence-electron chi connectivity index (χ1n) is 9.86. The molecule has 0 radical (unpaired) electrons. The van der Waals surface area contributed by atoms with Crippen molar-refractivity contribution in [3.05, 3.63) is 34.6 Å². The molecule has 0 atom stereocenters. The number of nitrogens with one attached hydrogen (secondary N) is 2. The average molecular weight is 431 g/mol. The van der Waals surface area contributed by atoms with Crippen LogP contribution in [0, 0.1) is 0 Å². The van der Waals surface area contributed by atoms with Crippen LogP contribution in [-0.2, 0) is 16.1 Å². The number of rotatable bonds is 8. The summed E-state index contributed by atoms with van der Waals surface area (Å²) in [4.78, 5) is 37.2. The van der Waals surface area contributed by atoms with Crippen LogP contribution in [0.3, 0.4) is 0 Å². The van der Waals surface area contributed by atoms with Gasteiger partial charge in [-0.25, -0.2) is 0 Å². The maximum Gasteiger partial charge on any atom is 0.262 e. The normalized spacial score (nSPS) is 11.5. The molecule has 0 fully saturated rings. The van der Waals surface area contributed by atoms with Gasteiger partial charge in [-0.15, -0.1) is 10.2 Å². The fourth-order valence-electron chi connectivity index (χ4n) is 3.13. The molecule has 0 aliphatic heterocycles. The van der Waals surface area contributed by atoms with Crippen LogP contribution in [0.15, 0.2) is 34.2 Å². The van der Waals surface area contributed by atoms with E-state index in [9.17, 15) is 14.4 Å². The lowest BCUT2D eigenvalue weighted by Crippen LogP contribution is -2.32. The van der Waals surface area contributed by atoms with Gasteiger partial charge in [0.05, 0.1) is 16.7 Å². The number of aromatic nitrogens is 4. The molecule has 0 saturated heterocycles. The van der Waals surface area contributed by atoms with E-state index in [1.54, 1.807) is 16.5 Å². The Morgan fingerprint density at radius 2 is 1.70 bits per heavy atom. The Morgan fingerprint density at radius 1 is 1.03 bits per heavy atom. The molecule has 3 rings (SSSR count). The molecule has 0 saturated carbocycles. The fraction of sp³-hybridized carbons (Fsp3) is 0.450. The highest BCUT2D eigenvalue weighted by molar-refractivity contribution is 7.99. The van der Waals surface area contributed by atoms with E-state index in [0.717, 1.165) is 0 Å². The van der Waals surface area contributed by atoms with Crippen LogP contribution in [0.5, 0.6) is 0 Å². The number of nitrogens with zero attached hydrogens (tertiary/aromatic N) is 4. The van der Waals surface area contributed by atoms with Crippen LogP contribution < -0.4 is 16.2 Å². The number of benzene rings is 1. The van der Waals surface area contributed by atoms with Crippen molar-refractivity contribution in [1.82, 2.24) is 29.8 Å². The molecule has 10 heteroatoms. The first-order valence-corrected chi connectivity index (χ1v) is 10.8. The summed E-state index contributed by atoms with van der Waals surface area (Å²) < 4.78 is 3.23. The van der Waals surface area contributed by atoms with Crippen LogP contribution in [0.1, 0.15) is 34.1 Å². The lowest BCUT2D eigenvalue weighted by molar-refractivity contribution is -0.122. The lowest BCUT2D eigenvalue weighted by Gasteiger charge is -2.12. The fourth-order valence-corrected chi connectivity index (χ4v) is 3.88. The third-order valence-corrected chi connectivity index (χ3v) is 5.20. The van der Waals surface area contributed by atoms with Gasteiger partial charge in [-0.3, -0.25) is 23.4 Å². The molecule has 2 aromatic heterocycles. The molecule has 0 spiro atoms. The molecule has 160 valence electrons. The molecule has 3 aromatic rings. The number of hydrogen-bond acceptors (Lipinski definition) is 6. The van der Waals surface area contributed by atoms with Gasteiger partial charge >= 0.3 is 0 Å². The van der Waals surface area contributed by atoms with Crippen molar-refractivity contribution in [3.8, 4) is 0 Å². The highest BCUT2D eigenvalue weighted by Crippen LogP contribution is 2.21. The zero-order chi connectivity index (χ0) is 21.8. The summed E-state index contributed by atoms with van der Waals surface area (Å²) in [7, 11) is 0. The van der Waals surface area contributed by atoms with Crippen molar-refractivity contribution in [2.24, 2.45) is 0 Å². The molecule has 30 heavy (non-hydrogen) atoms. The second kappa shape index (κ2) is 9.29. The standard InChI is InChI=1S/C20H26N6O3S/c1-12(2)21-16(27)9-10-25-18(29)14-7-5-6-8-15(14)26-19(25)23-24-20(26)30-11-17(28)22-13(3)4/h5-8,12-13H,9-11H2,1-4H3,(H,21,27)(H,22,28). The van der Waals surface area contributed by atoms with Gasteiger partial charge in [0.25, 0.3) is 5.56 Å². The first kappa shape index (κ1) is 21.8. The minimum absolute atomic E-state index is 0.0268. The van der Waals surface area contributed by atoms with Crippen molar-refractivity contribution < 1.29 is 9.59 Å². The van der Waals surface area contributed by atoms with Crippen molar-refractivity contribution in [2.75, 3.05) is 5.75 Å². The van der Waals surface area contributed by atoms with Gasteiger partial charge in [0, 0.05) is 25.0 Å². The number of carbonyl (C=O) groups is 2. The van der Waals surface area contributed by atoms with Crippen LogP contribution in [0.25, 0.3) is 16.7 Å². The Morgan fingerprint density at radius 3 is 2.40 bits per heavy atom. The number of hydrogen-bond donors (Lipinski definition) is 2. The van der Waals surface area contributed by atoms with Gasteiger partial charge in [-0.2, -0.15) is 0 Å². The van der Waals surface area contributed by atoms with E-state index in [1.165, 1.54) is 16.3 Å². The van der Waals surface area contributed by atoms with E-state index in [1.807, 2.05) is 39.8 Å². The molecular formula is C20H26N6O3S. The van der Waals surface area contributed by atoms with Crippen molar-refractivity contribution in [2.45, 2.75) is 57.9 Å². The number of para-hydroxylation sites is 1. The Kier molecular flexibility index (Phi) is 6.76. The maximum atomic E-state index is 13.1. The predicted molar refractivity (Wildman–Crippen MR) is 117 cm³/mol. The summed E-state index contributed by atoms with van der Waals surface area (Å²) >= 11 is 1.25. The van der Waals surface area contributed by atoms with Crippen LogP contribution in [-0.4, -0.2) is 48.8 Å². The lowest BCUT2D eigenvalue weighted by atomic mass is 10.2. The molecule has 0 aliphatic carbocycles. The quantitative estimate of drug-likeness (QED) is 0.525. The second-order valence-corrected chi connectivity index (χ2v) is 8.52. The van der Waals surface area contributed by atoms with E-state index in [0.29, 0.717) is 21.8 Å². The van der Waals surface area contributed by atoms with Crippen molar-refractivity contribution in [1.29, 1.82) is 0 Å². The van der Waals surface area contributed by atoms with Crippen LogP contribution in [0.4, 0.5) is 0 Å². The SMILES string of the molecule is CC(C)NC(=O)CCn1c(=O)c2ccccc2n2c(SCC(=O)NC(C)C)nnc12. The molecule has 2 amide bonds. The van der Waals surface area contributed by atoms with Gasteiger partial charge in [-0.05, 0) is 39.8 Å². The number of carbonyl (C=O) groups excluding carboxylic acids is 2. The summed E-state index contributed by atoms with van der Waals surface area (Å²) in [6, 6.07) is 7.26. The molecule has 2 heterocycles. The van der Waals surface area contributed by atoms with Crippen molar-refractivity contribution >= 4 is 40.3 Å². The zero-order valence-electron chi connectivity index (χ0n) is 17.5. The highest BCUT2D eigenvalue weighted by atomic mass is 32.2. The molecule has 0 bridgehead atoms. The Hall–Kier alpha value is -2.88. The molecule has 1 aromatic carbocycles. The van der Waals surface area contributed by atoms with E-state index in [2.05, 4.69) is 20.8 Å². The smallest absolute Gasteiger partial charge is 0.262 e. The van der Waals surface area contributed by atoms with Gasteiger partial charge in [-0.1, -0.05) is 23.9 Å². The van der Waals surface area contributed by atoms with Gasteiger partial charge in [0.1, 0.15) is 0 Å². The largest absolute Gasteiger partial charge is 0.354 e. The maximum absolute atomic E-state index is 13.1. The first-order chi connectivity index (χ1) is 14.3. The number of amides is 2. The second-order valence-electron chi connectivity index (χ2n) is 7.58. The summed E-state index contributed by atoms with van der Waals surface area (Å²) in [5.41, 5.74) is 0.439. The zero-order valence-corrected chi connectivity index (χ0v) is 18.3. The molecule has 2 N–H and O–H groups in total. The minimum Gasteiger partial charge on any atom is -0.354 e. The third kappa shape index (κ3) is 4.81. The van der Waals surface area contributed by atoms with E-state index in [4.69, 9.17) is 0 Å². The molecule has 9 nitrogen and oxygen atoms in total. The van der Waals surface area contributed by atoms with Gasteiger partial charge in [0.2, 0.25) is 17.6 Å². The average Bonchev–Trinajstić information content (AvgIpc) is 3.09. The van der Waals surface area contributed by atoms with Gasteiger partial charge < -0.3 is 10.6 Å². The Labute approximate surface area is 178 Å². The Bertz CT molecular complexity index is 1130. The summed E-state index contributed by atoms with van der Waals surface area (Å²) in [6.45, 7) is 7.75. The number of aryl methyl sites for hydroxylation is 1. The Balaban J connectivity index is 1.99. The topological polar surface area (TPSA) is 110 Å². The number of fused-ring (bicyclic) bond motifs is 3. The number of thioether (sulfide) groups is 1. The molecular weight excluding hydrogens is 404 g/mol. The summed E-state index contributed by atoms with van der Waals surface area (Å²) in [5, 5.41) is 15.1. The van der Waals surface area contributed by atoms with E-state index >= 15 is 0 Å². The summed E-state index contributed by atoms with van der Waals surface area (Å²) in [6.07, 6.45) is 0.151. The van der Waals surface area contributed by atoms with E-state index in [-0.39, 0.29) is 48.2 Å². The molecule has 0 unspecified atom stereocenters. The van der Waals surface area contributed by atoms with Gasteiger partial charge in [0.15, 0.2) is 5.16 Å². The predicted octanol–water partition coefficient (Wildman–Crippen LogP) is 1.58. The van der Waals surface area contributed by atoms with Crippen LogP contribution in [0.2, 0.25) is 0 Å².